The van der Waals surface area contributed by atoms with Crippen molar-refractivity contribution in [3.8, 4) is 0 Å². The van der Waals surface area contributed by atoms with Gasteiger partial charge in [-0.2, -0.15) is 4.98 Å². The normalized spacial score (nSPS) is 16.8. The van der Waals surface area contributed by atoms with Crippen molar-refractivity contribution in [1.82, 2.24) is 24.2 Å². The summed E-state index contributed by atoms with van der Waals surface area (Å²) in [4.78, 5) is 24.8. The minimum atomic E-state index is -3.95. The molecule has 1 atom stereocenters. The molecular weight excluding hydrogens is 437 g/mol. The second-order valence-electron chi connectivity index (χ2n) is 6.68. The number of nitrogens with one attached hydrogen (secondary N) is 1. The van der Waals surface area contributed by atoms with Crippen molar-refractivity contribution in [2.75, 3.05) is 0 Å². The summed E-state index contributed by atoms with van der Waals surface area (Å²) in [5.74, 6) is -0.650. The van der Waals surface area contributed by atoms with Crippen LogP contribution in [0.5, 0.6) is 0 Å². The van der Waals surface area contributed by atoms with E-state index in [1.54, 1.807) is 29.1 Å². The average Bonchev–Trinajstić information content (AvgIpc) is 3.28. The van der Waals surface area contributed by atoms with Crippen LogP contribution in [0.2, 0.25) is 10.4 Å². The Labute approximate surface area is 176 Å². The van der Waals surface area contributed by atoms with E-state index in [9.17, 15) is 13.2 Å². The monoisotopic (exact) mass is 451 g/mol. The number of aromatic nitrogens is 4. The van der Waals surface area contributed by atoms with Crippen molar-refractivity contribution in [2.24, 2.45) is 0 Å². The first kappa shape index (κ1) is 19.8. The maximum absolute atomic E-state index is 12.5. The van der Waals surface area contributed by atoms with Crippen LogP contribution in [-0.2, 0) is 14.8 Å². The van der Waals surface area contributed by atoms with Gasteiger partial charge < -0.3 is 4.57 Å². The van der Waals surface area contributed by atoms with Crippen molar-refractivity contribution in [3.05, 3.63) is 58.2 Å². The van der Waals surface area contributed by atoms with Crippen molar-refractivity contribution in [1.29, 1.82) is 0 Å². The number of amides is 1. The van der Waals surface area contributed by atoms with Crippen LogP contribution >= 0.6 is 23.2 Å². The lowest BCUT2D eigenvalue weighted by Crippen LogP contribution is -2.31. The Balaban J connectivity index is 1.51. The zero-order chi connectivity index (χ0) is 20.8. The van der Waals surface area contributed by atoms with Gasteiger partial charge >= 0.3 is 0 Å². The first-order chi connectivity index (χ1) is 13.7. The Morgan fingerprint density at radius 1 is 1.21 bits per heavy atom. The van der Waals surface area contributed by atoms with E-state index in [1.165, 1.54) is 12.1 Å². The second-order valence-corrected chi connectivity index (χ2v) is 9.06. The highest BCUT2D eigenvalue weighted by molar-refractivity contribution is 7.90. The van der Waals surface area contributed by atoms with Gasteiger partial charge in [0.1, 0.15) is 5.52 Å². The molecule has 1 aliphatic rings. The van der Waals surface area contributed by atoms with Crippen LogP contribution in [0.25, 0.3) is 11.2 Å². The van der Waals surface area contributed by atoms with Crippen molar-refractivity contribution in [3.63, 3.8) is 0 Å². The molecule has 0 aliphatic heterocycles. The summed E-state index contributed by atoms with van der Waals surface area (Å²) in [5.41, 5.74) is 2.17. The Kier molecular flexibility index (Phi) is 5.05. The minimum absolute atomic E-state index is 0.00244. The fourth-order valence-electron chi connectivity index (χ4n) is 3.18. The third kappa shape index (κ3) is 3.85. The standard InChI is InChI=1S/C18H15Cl2N5O3S/c1-10-2-6-13(7-3-10)29(27,28)24-17(26)11-4-5-12(8-11)25-9-21-14-15(19)22-18(20)23-16(14)25/h2-4,6-7,9,12H,5,8H2,1H3,(H,24,26)/t12-/m0/s1. The van der Waals surface area contributed by atoms with Crippen LogP contribution in [0.15, 0.2) is 47.1 Å². The molecule has 2 heterocycles. The maximum atomic E-state index is 12.5. The predicted octanol–water partition coefficient (Wildman–Crippen LogP) is 3.21. The molecule has 3 aromatic rings. The van der Waals surface area contributed by atoms with E-state index in [4.69, 9.17) is 23.2 Å². The third-order valence-electron chi connectivity index (χ3n) is 4.69. The van der Waals surface area contributed by atoms with Gasteiger partial charge in [0.25, 0.3) is 15.9 Å². The average molecular weight is 452 g/mol. The molecule has 0 bridgehead atoms. The molecule has 0 spiro atoms. The summed E-state index contributed by atoms with van der Waals surface area (Å²) in [6.07, 6.45) is 4.10. The van der Waals surface area contributed by atoms with Gasteiger partial charge in [0.2, 0.25) is 5.28 Å². The van der Waals surface area contributed by atoms with Gasteiger partial charge in [0.15, 0.2) is 10.8 Å². The number of hydrogen-bond donors (Lipinski definition) is 1. The largest absolute Gasteiger partial charge is 0.311 e. The van der Waals surface area contributed by atoms with Gasteiger partial charge in [-0.3, -0.25) is 4.79 Å². The summed E-state index contributed by atoms with van der Waals surface area (Å²) < 4.78 is 28.8. The van der Waals surface area contributed by atoms with E-state index in [2.05, 4.69) is 19.7 Å². The number of benzene rings is 1. The highest BCUT2D eigenvalue weighted by Crippen LogP contribution is 2.33. The molecule has 150 valence electrons. The van der Waals surface area contributed by atoms with E-state index in [-0.39, 0.29) is 21.4 Å². The molecule has 1 aliphatic carbocycles. The van der Waals surface area contributed by atoms with E-state index in [1.807, 2.05) is 6.92 Å². The number of fused-ring (bicyclic) bond motifs is 1. The van der Waals surface area contributed by atoms with Gasteiger partial charge in [0, 0.05) is 11.6 Å². The summed E-state index contributed by atoms with van der Waals surface area (Å²) in [6.45, 7) is 1.85. The Morgan fingerprint density at radius 3 is 2.66 bits per heavy atom. The fourth-order valence-corrected chi connectivity index (χ4v) is 4.59. The first-order valence-corrected chi connectivity index (χ1v) is 10.9. The smallest absolute Gasteiger partial charge is 0.264 e. The number of aryl methyl sites for hydroxylation is 1. The number of rotatable bonds is 4. The lowest BCUT2D eigenvalue weighted by Gasteiger charge is -2.13. The first-order valence-electron chi connectivity index (χ1n) is 8.63. The van der Waals surface area contributed by atoms with Gasteiger partial charge in [0.05, 0.1) is 11.2 Å². The van der Waals surface area contributed by atoms with Gasteiger partial charge in [-0.15, -0.1) is 0 Å². The van der Waals surface area contributed by atoms with E-state index in [0.29, 0.717) is 29.6 Å². The number of carbonyl (C=O) groups excluding carboxylic acids is 1. The Hall–Kier alpha value is -2.49. The van der Waals surface area contributed by atoms with E-state index >= 15 is 0 Å². The zero-order valence-corrected chi connectivity index (χ0v) is 17.5. The van der Waals surface area contributed by atoms with Crippen molar-refractivity contribution < 1.29 is 13.2 Å². The number of allylic oxidation sites excluding steroid dienone is 1. The van der Waals surface area contributed by atoms with Crippen LogP contribution in [0.3, 0.4) is 0 Å². The number of halogens is 2. The van der Waals surface area contributed by atoms with E-state index < -0.39 is 15.9 Å². The lowest BCUT2D eigenvalue weighted by atomic mass is 10.2. The third-order valence-corrected chi connectivity index (χ3v) is 6.47. The number of imidazole rings is 1. The molecule has 1 N–H and O–H groups in total. The molecule has 0 radical (unpaired) electrons. The van der Waals surface area contributed by atoms with Crippen LogP contribution in [-0.4, -0.2) is 33.8 Å². The zero-order valence-electron chi connectivity index (χ0n) is 15.1. The maximum Gasteiger partial charge on any atom is 0.264 e. The number of sulfonamides is 1. The highest BCUT2D eigenvalue weighted by atomic mass is 35.5. The molecule has 0 fully saturated rings. The quantitative estimate of drug-likeness (QED) is 0.481. The molecule has 0 unspecified atom stereocenters. The van der Waals surface area contributed by atoms with Crippen LogP contribution in [0, 0.1) is 6.92 Å². The molecule has 4 rings (SSSR count). The lowest BCUT2D eigenvalue weighted by molar-refractivity contribution is -0.115. The molecule has 0 saturated heterocycles. The molecule has 1 amide bonds. The van der Waals surface area contributed by atoms with Crippen molar-refractivity contribution >= 4 is 50.3 Å². The molecule has 11 heteroatoms. The van der Waals surface area contributed by atoms with Gasteiger partial charge in [-0.1, -0.05) is 35.4 Å². The summed E-state index contributed by atoms with van der Waals surface area (Å²) in [6, 6.07) is 6.10. The van der Waals surface area contributed by atoms with Crippen LogP contribution < -0.4 is 4.72 Å². The Morgan fingerprint density at radius 2 is 1.93 bits per heavy atom. The van der Waals surface area contributed by atoms with Crippen LogP contribution in [0.4, 0.5) is 0 Å². The van der Waals surface area contributed by atoms with Crippen LogP contribution in [0.1, 0.15) is 24.4 Å². The van der Waals surface area contributed by atoms with Gasteiger partial charge in [-0.25, -0.2) is 23.1 Å². The molecule has 8 nitrogen and oxygen atoms in total. The predicted molar refractivity (Wildman–Crippen MR) is 108 cm³/mol. The minimum Gasteiger partial charge on any atom is -0.311 e. The van der Waals surface area contributed by atoms with Crippen molar-refractivity contribution in [2.45, 2.75) is 30.7 Å². The summed E-state index contributed by atoms with van der Waals surface area (Å²) in [7, 11) is -3.95. The fraction of sp³-hybridized carbons (Fsp3) is 0.222. The topological polar surface area (TPSA) is 107 Å². The molecule has 29 heavy (non-hydrogen) atoms. The highest BCUT2D eigenvalue weighted by Gasteiger charge is 2.28. The number of nitrogens with zero attached hydrogens (tertiary/aromatic N) is 4. The number of hydrogen-bond acceptors (Lipinski definition) is 6. The summed E-state index contributed by atoms with van der Waals surface area (Å²) >= 11 is 11.9. The molecule has 0 saturated carbocycles. The van der Waals surface area contributed by atoms with Gasteiger partial charge in [-0.05, 0) is 43.5 Å². The Bertz CT molecular complexity index is 1250. The molecule has 2 aromatic heterocycles. The summed E-state index contributed by atoms with van der Waals surface area (Å²) in [5, 5.41) is 0.143. The number of carbonyl (C=O) groups is 1. The second kappa shape index (κ2) is 7.40. The molecular formula is C18H15Cl2N5O3S. The SMILES string of the molecule is Cc1ccc(S(=O)(=O)NC(=O)C2=CC[C@H](n3cnc4c(Cl)nc(Cl)nc43)C2)cc1. The van der Waals surface area contributed by atoms with E-state index in [0.717, 1.165) is 5.56 Å². The molecule has 1 aromatic carbocycles.